The summed E-state index contributed by atoms with van der Waals surface area (Å²) in [6, 6.07) is 12.0. The van der Waals surface area contributed by atoms with E-state index in [0.717, 1.165) is 57.3 Å². The van der Waals surface area contributed by atoms with Gasteiger partial charge in [-0.3, -0.25) is 24.5 Å². The zero-order valence-electron chi connectivity index (χ0n) is 19.4. The van der Waals surface area contributed by atoms with Gasteiger partial charge in [0, 0.05) is 56.3 Å². The van der Waals surface area contributed by atoms with Crippen LogP contribution in [-0.4, -0.2) is 45.7 Å². The number of rotatable bonds is 6. The third kappa shape index (κ3) is 3.93. The number of hydrogen-bond donors (Lipinski definition) is 2. The minimum Gasteiger partial charge on any atom is -0.486 e. The molecule has 0 bridgehead atoms. The SMILES string of the molecule is CC(Oc1ccc2[nH]nc(-c3cnn(C4CC(S(C)(=N)=O)C4)c3)c2c1)c1cccc2nccnc12. The molecule has 10 heteroatoms. The van der Waals surface area contributed by atoms with E-state index in [-0.39, 0.29) is 17.4 Å². The Bertz CT molecular complexity index is 1650. The van der Waals surface area contributed by atoms with E-state index in [2.05, 4.69) is 25.3 Å². The van der Waals surface area contributed by atoms with Gasteiger partial charge in [-0.2, -0.15) is 10.2 Å². The van der Waals surface area contributed by atoms with Crippen LogP contribution < -0.4 is 4.74 Å². The summed E-state index contributed by atoms with van der Waals surface area (Å²) >= 11 is 0. The Labute approximate surface area is 202 Å². The number of fused-ring (bicyclic) bond motifs is 2. The van der Waals surface area contributed by atoms with Crippen molar-refractivity contribution >= 4 is 31.7 Å². The van der Waals surface area contributed by atoms with Gasteiger partial charge in [0.25, 0.3) is 0 Å². The van der Waals surface area contributed by atoms with E-state index in [9.17, 15) is 4.21 Å². The molecule has 9 nitrogen and oxygen atoms in total. The van der Waals surface area contributed by atoms with Gasteiger partial charge >= 0.3 is 0 Å². The summed E-state index contributed by atoms with van der Waals surface area (Å²) in [7, 11) is -2.50. The van der Waals surface area contributed by atoms with Crippen LogP contribution >= 0.6 is 0 Å². The van der Waals surface area contributed by atoms with Gasteiger partial charge in [0.15, 0.2) is 0 Å². The molecule has 35 heavy (non-hydrogen) atoms. The molecule has 0 amide bonds. The molecule has 1 aliphatic carbocycles. The Balaban J connectivity index is 1.26. The van der Waals surface area contributed by atoms with Gasteiger partial charge in [0.05, 0.1) is 28.8 Å². The molecule has 3 aromatic heterocycles. The molecule has 3 heterocycles. The van der Waals surface area contributed by atoms with Crippen molar-refractivity contribution in [2.45, 2.75) is 37.2 Å². The predicted molar refractivity (Wildman–Crippen MR) is 135 cm³/mol. The summed E-state index contributed by atoms with van der Waals surface area (Å²) in [5.74, 6) is 0.732. The van der Waals surface area contributed by atoms with Crippen LogP contribution in [0.25, 0.3) is 33.2 Å². The minimum atomic E-state index is -2.50. The lowest BCUT2D eigenvalue weighted by Gasteiger charge is -2.35. The van der Waals surface area contributed by atoms with Crippen molar-refractivity contribution in [1.29, 1.82) is 4.78 Å². The number of nitrogens with zero attached hydrogens (tertiary/aromatic N) is 5. The number of aromatic amines is 1. The van der Waals surface area contributed by atoms with Gasteiger partial charge in [0.2, 0.25) is 0 Å². The maximum absolute atomic E-state index is 12.0. The lowest BCUT2D eigenvalue weighted by Crippen LogP contribution is -2.36. The molecule has 1 saturated carbocycles. The molecule has 0 radical (unpaired) electrons. The third-order valence-electron chi connectivity index (χ3n) is 6.77. The van der Waals surface area contributed by atoms with Crippen LogP contribution in [0.2, 0.25) is 0 Å². The Morgan fingerprint density at radius 3 is 2.86 bits per heavy atom. The van der Waals surface area contributed by atoms with Crippen LogP contribution in [0.3, 0.4) is 0 Å². The first-order valence-electron chi connectivity index (χ1n) is 11.5. The fraction of sp³-hybridized carbons (Fsp3) is 0.280. The molecule has 2 N–H and O–H groups in total. The lowest BCUT2D eigenvalue weighted by atomic mass is 9.92. The molecule has 2 unspecified atom stereocenters. The van der Waals surface area contributed by atoms with Crippen LogP contribution in [-0.2, 0) is 9.73 Å². The van der Waals surface area contributed by atoms with Gasteiger partial charge < -0.3 is 4.74 Å². The van der Waals surface area contributed by atoms with Gasteiger partial charge in [0.1, 0.15) is 17.5 Å². The summed E-state index contributed by atoms with van der Waals surface area (Å²) in [6.45, 7) is 2.01. The third-order valence-corrected chi connectivity index (χ3v) is 8.43. The normalized spacial score (nSPS) is 20.4. The summed E-state index contributed by atoms with van der Waals surface area (Å²) in [4.78, 5) is 8.88. The molecule has 0 spiro atoms. The summed E-state index contributed by atoms with van der Waals surface area (Å²) in [6.07, 6.45) is 9.90. The van der Waals surface area contributed by atoms with Gasteiger partial charge in [-0.25, -0.2) is 4.21 Å². The van der Waals surface area contributed by atoms with E-state index >= 15 is 0 Å². The number of ether oxygens (including phenoxy) is 1. The highest BCUT2D eigenvalue weighted by Crippen LogP contribution is 2.38. The fourth-order valence-electron chi connectivity index (χ4n) is 4.68. The summed E-state index contributed by atoms with van der Waals surface area (Å²) < 4.78 is 28.0. The van der Waals surface area contributed by atoms with E-state index in [1.807, 2.05) is 54.2 Å². The zero-order valence-corrected chi connectivity index (χ0v) is 20.2. The van der Waals surface area contributed by atoms with Gasteiger partial charge in [-0.05, 0) is 44.0 Å². The molecule has 178 valence electrons. The van der Waals surface area contributed by atoms with E-state index in [0.29, 0.717) is 0 Å². The maximum atomic E-state index is 12.0. The second-order valence-electron chi connectivity index (χ2n) is 9.17. The van der Waals surface area contributed by atoms with Crippen molar-refractivity contribution in [1.82, 2.24) is 29.9 Å². The monoisotopic (exact) mass is 487 g/mol. The van der Waals surface area contributed by atoms with Crippen LogP contribution in [0.15, 0.2) is 61.2 Å². The largest absolute Gasteiger partial charge is 0.486 e. The molecule has 5 aromatic rings. The van der Waals surface area contributed by atoms with Crippen LogP contribution in [0.5, 0.6) is 5.75 Å². The Kier molecular flexibility index (Phi) is 5.06. The molecule has 1 fully saturated rings. The fourth-order valence-corrected chi connectivity index (χ4v) is 5.86. The minimum absolute atomic E-state index is 0.0548. The van der Waals surface area contributed by atoms with Crippen LogP contribution in [0, 0.1) is 4.78 Å². The molecular weight excluding hydrogens is 462 g/mol. The van der Waals surface area contributed by atoms with Crippen molar-refractivity contribution in [3.8, 4) is 17.0 Å². The number of aromatic nitrogens is 6. The first kappa shape index (κ1) is 21.7. The predicted octanol–water partition coefficient (Wildman–Crippen LogP) is 4.89. The van der Waals surface area contributed by atoms with Crippen molar-refractivity contribution in [3.05, 3.63) is 66.7 Å². The van der Waals surface area contributed by atoms with Crippen LogP contribution in [0.1, 0.15) is 37.5 Å². The molecule has 2 atom stereocenters. The number of para-hydroxylation sites is 1. The first-order valence-corrected chi connectivity index (χ1v) is 13.5. The Morgan fingerprint density at radius 1 is 1.20 bits per heavy atom. The van der Waals surface area contributed by atoms with Crippen LogP contribution in [0.4, 0.5) is 0 Å². The second kappa shape index (κ2) is 8.16. The van der Waals surface area contributed by atoms with Crippen molar-refractivity contribution in [2.75, 3.05) is 6.26 Å². The first-order chi connectivity index (χ1) is 16.9. The zero-order chi connectivity index (χ0) is 24.2. The van der Waals surface area contributed by atoms with Crippen molar-refractivity contribution in [3.63, 3.8) is 0 Å². The average Bonchev–Trinajstić information content (AvgIpc) is 3.43. The maximum Gasteiger partial charge on any atom is 0.123 e. The van der Waals surface area contributed by atoms with E-state index in [1.54, 1.807) is 18.6 Å². The van der Waals surface area contributed by atoms with E-state index in [1.165, 1.54) is 6.26 Å². The second-order valence-corrected chi connectivity index (χ2v) is 11.6. The number of benzene rings is 2. The summed E-state index contributed by atoms with van der Waals surface area (Å²) in [5.41, 5.74) is 5.27. The molecule has 2 aromatic carbocycles. The molecule has 0 aliphatic heterocycles. The van der Waals surface area contributed by atoms with Gasteiger partial charge in [-0.1, -0.05) is 12.1 Å². The van der Waals surface area contributed by atoms with E-state index < -0.39 is 9.73 Å². The smallest absolute Gasteiger partial charge is 0.123 e. The standard InChI is InChI=1S/C25H25N7O2S/c1-15(20-4-3-5-23-25(20)28-9-8-27-23)34-18-6-7-22-21(12-18)24(31-30-22)16-13-29-32(14-16)17-10-19(11-17)35(2,26)33/h3-9,12-15,17,19,26H,10-11H2,1-2H3,(H,30,31). The van der Waals surface area contributed by atoms with Gasteiger partial charge in [-0.15, -0.1) is 0 Å². The Morgan fingerprint density at radius 2 is 2.03 bits per heavy atom. The molecule has 6 rings (SSSR count). The average molecular weight is 488 g/mol. The molecule has 0 saturated heterocycles. The number of hydrogen-bond acceptors (Lipinski definition) is 7. The number of H-pyrrole nitrogens is 1. The lowest BCUT2D eigenvalue weighted by molar-refractivity contribution is 0.228. The van der Waals surface area contributed by atoms with Crippen molar-refractivity contribution in [2.24, 2.45) is 0 Å². The molecular formula is C25H25N7O2S. The van der Waals surface area contributed by atoms with E-state index in [4.69, 9.17) is 9.52 Å². The summed E-state index contributed by atoms with van der Waals surface area (Å²) in [5, 5.41) is 13.0. The highest BCUT2D eigenvalue weighted by Gasteiger charge is 2.36. The quantitative estimate of drug-likeness (QED) is 0.352. The highest BCUT2D eigenvalue weighted by atomic mass is 32.2. The highest BCUT2D eigenvalue weighted by molar-refractivity contribution is 7.92. The Hall–Kier alpha value is -3.79. The molecule has 1 aliphatic rings. The number of nitrogens with one attached hydrogen (secondary N) is 2. The topological polar surface area (TPSA) is 122 Å². The van der Waals surface area contributed by atoms with Crippen molar-refractivity contribution < 1.29 is 8.95 Å².